The summed E-state index contributed by atoms with van der Waals surface area (Å²) in [5, 5.41) is 0.840. The van der Waals surface area contributed by atoms with Crippen LogP contribution >= 0.6 is 24.0 Å². The van der Waals surface area contributed by atoms with Crippen molar-refractivity contribution in [3.8, 4) is 0 Å². The van der Waals surface area contributed by atoms with E-state index in [1.807, 2.05) is 6.07 Å². The molecule has 1 fully saturated rings. The van der Waals surface area contributed by atoms with Crippen LogP contribution in [0.3, 0.4) is 0 Å². The molecule has 0 saturated carbocycles. The Morgan fingerprint density at radius 2 is 1.82 bits per heavy atom. The molecule has 0 bridgehead atoms. The van der Waals surface area contributed by atoms with Gasteiger partial charge in [-0.05, 0) is 55.3 Å². The van der Waals surface area contributed by atoms with Gasteiger partial charge in [0.05, 0.1) is 0 Å². The van der Waals surface area contributed by atoms with Gasteiger partial charge < -0.3 is 4.90 Å². The Morgan fingerprint density at radius 1 is 1.05 bits per heavy atom. The van der Waals surface area contributed by atoms with E-state index in [0.29, 0.717) is 17.9 Å². The van der Waals surface area contributed by atoms with Gasteiger partial charge >= 0.3 is 0 Å². The van der Waals surface area contributed by atoms with Crippen LogP contribution in [0.1, 0.15) is 41.4 Å². The second-order valence-electron chi connectivity index (χ2n) is 6.42. The van der Waals surface area contributed by atoms with Crippen LogP contribution < -0.4 is 0 Å². The van der Waals surface area contributed by atoms with E-state index in [1.54, 1.807) is 5.56 Å². The van der Waals surface area contributed by atoms with Crippen LogP contribution in [0.25, 0.3) is 0 Å². The Hall–Kier alpha value is -1.02. The summed E-state index contributed by atoms with van der Waals surface area (Å²) in [7, 11) is 2.27. The van der Waals surface area contributed by atoms with Crippen molar-refractivity contribution in [2.75, 3.05) is 13.6 Å². The van der Waals surface area contributed by atoms with E-state index >= 15 is 0 Å². The maximum absolute atomic E-state index is 6.22. The van der Waals surface area contributed by atoms with Crippen molar-refractivity contribution in [2.45, 2.75) is 30.7 Å². The van der Waals surface area contributed by atoms with Crippen molar-refractivity contribution in [1.29, 1.82) is 0 Å². The molecule has 0 N–H and O–H groups in total. The van der Waals surface area contributed by atoms with E-state index in [-0.39, 0.29) is 12.4 Å². The van der Waals surface area contributed by atoms with Crippen LogP contribution in [0, 0.1) is 0 Å². The van der Waals surface area contributed by atoms with Gasteiger partial charge in [-0.25, -0.2) is 0 Å². The third-order valence-corrected chi connectivity index (χ3v) is 5.56. The number of likely N-dealkylation sites (N-methyl/N-ethyl adjacent to an activating group) is 1. The number of halogens is 2. The van der Waals surface area contributed by atoms with Crippen LogP contribution in [0.4, 0.5) is 0 Å². The zero-order chi connectivity index (χ0) is 14.4. The highest BCUT2D eigenvalue weighted by atomic mass is 35.5. The standard InChI is InChI=1S/C19H20ClN.ClH/c1-21-10-9-17-15-7-2-3-8-16(15)18(12-19(17)21)13-5-4-6-14(20)11-13;/h2-8,11,17-19H,9-10,12H2,1H3;1H/t17?,18?,19-;/m0./s1. The molecule has 1 aliphatic heterocycles. The Labute approximate surface area is 143 Å². The maximum atomic E-state index is 6.22. The molecule has 0 spiro atoms. The molecule has 1 aliphatic carbocycles. The van der Waals surface area contributed by atoms with Gasteiger partial charge in [0.2, 0.25) is 0 Å². The first-order chi connectivity index (χ1) is 10.2. The van der Waals surface area contributed by atoms with Gasteiger partial charge in [0.25, 0.3) is 0 Å². The normalized spacial score (nSPS) is 26.9. The second-order valence-corrected chi connectivity index (χ2v) is 6.85. The van der Waals surface area contributed by atoms with E-state index in [2.05, 4.69) is 54.4 Å². The van der Waals surface area contributed by atoms with Gasteiger partial charge in [-0.15, -0.1) is 12.4 Å². The Balaban J connectivity index is 0.00000144. The average Bonchev–Trinajstić information content (AvgIpc) is 2.88. The van der Waals surface area contributed by atoms with E-state index < -0.39 is 0 Å². The minimum Gasteiger partial charge on any atom is -0.303 e. The highest BCUT2D eigenvalue weighted by Gasteiger charge is 2.40. The molecule has 2 aromatic carbocycles. The maximum Gasteiger partial charge on any atom is 0.0408 e. The molecule has 1 nitrogen and oxygen atoms in total. The Kier molecular flexibility index (Phi) is 4.49. The van der Waals surface area contributed by atoms with Gasteiger partial charge in [0.1, 0.15) is 0 Å². The number of nitrogens with zero attached hydrogens (tertiary/aromatic N) is 1. The average molecular weight is 334 g/mol. The van der Waals surface area contributed by atoms with Gasteiger partial charge in [0.15, 0.2) is 0 Å². The predicted octanol–water partition coefficient (Wildman–Crippen LogP) is 5.09. The first-order valence-electron chi connectivity index (χ1n) is 7.78. The zero-order valence-corrected chi connectivity index (χ0v) is 14.3. The van der Waals surface area contributed by atoms with Crippen LogP contribution in [0.15, 0.2) is 48.5 Å². The number of hydrogen-bond donors (Lipinski definition) is 0. The molecule has 2 aromatic rings. The molecule has 0 aromatic heterocycles. The smallest absolute Gasteiger partial charge is 0.0408 e. The van der Waals surface area contributed by atoms with Gasteiger partial charge in [0, 0.05) is 22.9 Å². The van der Waals surface area contributed by atoms with Gasteiger partial charge in [-0.3, -0.25) is 0 Å². The van der Waals surface area contributed by atoms with Crippen LogP contribution in [0.2, 0.25) is 5.02 Å². The summed E-state index contributed by atoms with van der Waals surface area (Å²) < 4.78 is 0. The highest BCUT2D eigenvalue weighted by Crippen LogP contribution is 2.47. The topological polar surface area (TPSA) is 3.24 Å². The summed E-state index contributed by atoms with van der Waals surface area (Å²) in [6, 6.07) is 18.1. The molecular weight excluding hydrogens is 313 g/mol. The van der Waals surface area contributed by atoms with Crippen LogP contribution in [-0.4, -0.2) is 24.5 Å². The summed E-state index contributed by atoms with van der Waals surface area (Å²) in [5.74, 6) is 1.18. The first-order valence-corrected chi connectivity index (χ1v) is 8.16. The molecule has 22 heavy (non-hydrogen) atoms. The molecule has 3 heteroatoms. The molecule has 1 heterocycles. The SMILES string of the molecule is CN1CCC2c3ccccc3C(c3cccc(Cl)c3)C[C@@H]21.Cl. The van der Waals surface area contributed by atoms with Crippen molar-refractivity contribution in [3.63, 3.8) is 0 Å². The minimum absolute atomic E-state index is 0. The van der Waals surface area contributed by atoms with Crippen molar-refractivity contribution in [1.82, 2.24) is 4.90 Å². The molecule has 2 unspecified atom stereocenters. The van der Waals surface area contributed by atoms with Crippen LogP contribution in [0.5, 0.6) is 0 Å². The molecule has 116 valence electrons. The first kappa shape index (κ1) is 15.9. The third-order valence-electron chi connectivity index (χ3n) is 5.32. The van der Waals surface area contributed by atoms with Crippen molar-refractivity contribution >= 4 is 24.0 Å². The van der Waals surface area contributed by atoms with Crippen molar-refractivity contribution in [3.05, 3.63) is 70.2 Å². The van der Waals surface area contributed by atoms with Gasteiger partial charge in [-0.1, -0.05) is 48.0 Å². The lowest BCUT2D eigenvalue weighted by Crippen LogP contribution is -2.34. The molecule has 4 rings (SSSR count). The fourth-order valence-electron chi connectivity index (χ4n) is 4.29. The quantitative estimate of drug-likeness (QED) is 0.702. The summed E-state index contributed by atoms with van der Waals surface area (Å²) in [6.45, 7) is 1.21. The fraction of sp³-hybridized carbons (Fsp3) is 0.368. The molecule has 2 aliphatic rings. The lowest BCUT2D eigenvalue weighted by molar-refractivity contribution is 0.265. The molecule has 3 atom stereocenters. The van der Waals surface area contributed by atoms with E-state index in [9.17, 15) is 0 Å². The lowest BCUT2D eigenvalue weighted by Gasteiger charge is -2.37. The number of fused-ring (bicyclic) bond motifs is 3. The minimum atomic E-state index is 0. The highest BCUT2D eigenvalue weighted by molar-refractivity contribution is 6.30. The Bertz CT molecular complexity index is 670. The predicted molar refractivity (Wildman–Crippen MR) is 95.4 cm³/mol. The summed E-state index contributed by atoms with van der Waals surface area (Å²) in [5.41, 5.74) is 4.42. The molecule has 1 saturated heterocycles. The number of benzene rings is 2. The van der Waals surface area contributed by atoms with Gasteiger partial charge in [-0.2, -0.15) is 0 Å². The number of rotatable bonds is 1. The monoisotopic (exact) mass is 333 g/mol. The zero-order valence-electron chi connectivity index (χ0n) is 12.7. The summed E-state index contributed by atoms with van der Waals surface area (Å²) >= 11 is 6.22. The van der Waals surface area contributed by atoms with Crippen molar-refractivity contribution in [2.24, 2.45) is 0 Å². The van der Waals surface area contributed by atoms with Crippen LogP contribution in [-0.2, 0) is 0 Å². The second kappa shape index (κ2) is 6.23. The Morgan fingerprint density at radius 3 is 2.59 bits per heavy atom. The summed E-state index contributed by atoms with van der Waals surface area (Å²) in [6.07, 6.45) is 2.50. The molecule has 0 amide bonds. The summed E-state index contributed by atoms with van der Waals surface area (Å²) in [4.78, 5) is 2.54. The lowest BCUT2D eigenvalue weighted by atomic mass is 9.71. The van der Waals surface area contributed by atoms with Crippen molar-refractivity contribution < 1.29 is 0 Å². The van der Waals surface area contributed by atoms with E-state index in [0.717, 1.165) is 5.02 Å². The number of likely N-dealkylation sites (tertiary alicyclic amines) is 1. The largest absolute Gasteiger partial charge is 0.303 e. The fourth-order valence-corrected chi connectivity index (χ4v) is 4.49. The van der Waals surface area contributed by atoms with E-state index in [1.165, 1.54) is 30.5 Å². The molecule has 0 radical (unpaired) electrons. The van der Waals surface area contributed by atoms with E-state index in [4.69, 9.17) is 11.6 Å². The number of hydrogen-bond acceptors (Lipinski definition) is 1. The third kappa shape index (κ3) is 2.56. The molecular formula is C19H21Cl2N.